The average molecular weight is 386 g/mol. The summed E-state index contributed by atoms with van der Waals surface area (Å²) in [5.41, 5.74) is 3.04. The lowest BCUT2D eigenvalue weighted by Gasteiger charge is -2.07. The molecule has 0 aliphatic carbocycles. The van der Waals surface area contributed by atoms with Gasteiger partial charge in [0.2, 0.25) is 0 Å². The predicted molar refractivity (Wildman–Crippen MR) is 102 cm³/mol. The molecule has 0 N–H and O–H groups in total. The van der Waals surface area contributed by atoms with E-state index in [9.17, 15) is 0 Å². The number of hydrogen-bond acceptors (Lipinski definition) is 7. The Balaban J connectivity index is 1.42. The fourth-order valence-electron chi connectivity index (χ4n) is 2.66. The first-order valence-corrected chi connectivity index (χ1v) is 10.0. The highest BCUT2D eigenvalue weighted by Gasteiger charge is 2.15. The molecule has 4 aromatic heterocycles. The molecule has 0 aliphatic heterocycles. The molecule has 9 heteroatoms. The predicted octanol–water partition coefficient (Wildman–Crippen LogP) is 3.25. The van der Waals surface area contributed by atoms with Crippen molar-refractivity contribution in [1.29, 1.82) is 0 Å². The molecule has 0 aliphatic rings. The van der Waals surface area contributed by atoms with Crippen LogP contribution in [0, 0.1) is 13.8 Å². The Morgan fingerprint density at radius 1 is 1.08 bits per heavy atom. The highest BCUT2D eigenvalue weighted by Crippen LogP contribution is 2.22. The summed E-state index contributed by atoms with van der Waals surface area (Å²) >= 11 is 3.28. The molecule has 0 saturated heterocycles. The maximum Gasteiger partial charge on any atom is 0.141 e. The summed E-state index contributed by atoms with van der Waals surface area (Å²) in [5, 5.41) is 22.8. The highest BCUT2D eigenvalue weighted by molar-refractivity contribution is 7.11. The van der Waals surface area contributed by atoms with Crippen molar-refractivity contribution in [3.8, 4) is 0 Å². The minimum Gasteiger partial charge on any atom is -0.266 e. The molecule has 0 saturated carbocycles. The number of thiazole rings is 1. The molecular weight excluding hydrogens is 366 g/mol. The highest BCUT2D eigenvalue weighted by atomic mass is 32.1. The molecule has 0 amide bonds. The molecule has 0 aromatic carbocycles. The molecule has 0 radical (unpaired) electrons. The van der Waals surface area contributed by atoms with Crippen LogP contribution in [0.4, 0.5) is 0 Å². The van der Waals surface area contributed by atoms with Gasteiger partial charge in [0.1, 0.15) is 16.1 Å². The van der Waals surface area contributed by atoms with E-state index >= 15 is 0 Å². The minimum absolute atomic E-state index is 0.0837. The van der Waals surface area contributed by atoms with E-state index in [0.29, 0.717) is 13.0 Å². The summed E-state index contributed by atoms with van der Waals surface area (Å²) in [6.07, 6.45) is 4.65. The summed E-state index contributed by atoms with van der Waals surface area (Å²) in [5.74, 6) is 0. The van der Waals surface area contributed by atoms with Gasteiger partial charge in [-0.15, -0.1) is 21.5 Å². The van der Waals surface area contributed by atoms with Gasteiger partial charge in [-0.05, 0) is 32.9 Å². The SMILES string of the molecule is Cc1ccn(C(C)c2nnc(Cc3ccn(Cc4csc(C)n4)n3)s2)n1. The van der Waals surface area contributed by atoms with Crippen LogP contribution in [-0.4, -0.2) is 34.7 Å². The van der Waals surface area contributed by atoms with Gasteiger partial charge < -0.3 is 0 Å². The molecule has 4 heterocycles. The zero-order valence-electron chi connectivity index (χ0n) is 14.8. The summed E-state index contributed by atoms with van der Waals surface area (Å²) < 4.78 is 3.84. The molecule has 4 aromatic rings. The van der Waals surface area contributed by atoms with Crippen LogP contribution in [0.5, 0.6) is 0 Å². The second kappa shape index (κ2) is 7.08. The van der Waals surface area contributed by atoms with Crippen LogP contribution < -0.4 is 0 Å². The van der Waals surface area contributed by atoms with Crippen LogP contribution in [0.2, 0.25) is 0 Å². The van der Waals surface area contributed by atoms with Crippen molar-refractivity contribution in [3.05, 3.63) is 62.0 Å². The first-order valence-electron chi connectivity index (χ1n) is 8.34. The van der Waals surface area contributed by atoms with E-state index in [1.807, 2.05) is 47.7 Å². The Labute approximate surface area is 159 Å². The van der Waals surface area contributed by atoms with E-state index in [0.717, 1.165) is 32.1 Å². The number of nitrogens with zero attached hydrogens (tertiary/aromatic N) is 7. The maximum atomic E-state index is 4.63. The van der Waals surface area contributed by atoms with Crippen LogP contribution in [0.15, 0.2) is 29.9 Å². The molecule has 134 valence electrons. The van der Waals surface area contributed by atoms with Gasteiger partial charge in [0.05, 0.1) is 28.6 Å². The summed E-state index contributed by atoms with van der Waals surface area (Å²) in [6, 6.07) is 4.11. The Bertz CT molecular complexity index is 1010. The fraction of sp³-hybridized carbons (Fsp3) is 0.353. The Morgan fingerprint density at radius 2 is 1.96 bits per heavy atom. The third-order valence-corrected chi connectivity index (χ3v) is 5.91. The lowest BCUT2D eigenvalue weighted by molar-refractivity contribution is 0.553. The van der Waals surface area contributed by atoms with Crippen LogP contribution >= 0.6 is 22.7 Å². The topological polar surface area (TPSA) is 74.3 Å². The van der Waals surface area contributed by atoms with E-state index in [1.165, 1.54) is 0 Å². The first kappa shape index (κ1) is 17.0. The van der Waals surface area contributed by atoms with Gasteiger partial charge in [-0.2, -0.15) is 10.2 Å². The molecule has 4 rings (SSSR count). The number of aromatic nitrogens is 7. The van der Waals surface area contributed by atoms with Gasteiger partial charge in [0.15, 0.2) is 0 Å². The molecule has 0 spiro atoms. The third kappa shape index (κ3) is 3.73. The number of aryl methyl sites for hydroxylation is 2. The fourth-order valence-corrected chi connectivity index (χ4v) is 4.16. The molecule has 1 atom stereocenters. The lowest BCUT2D eigenvalue weighted by Crippen LogP contribution is -2.07. The lowest BCUT2D eigenvalue weighted by atomic mass is 10.3. The molecule has 7 nitrogen and oxygen atoms in total. The third-order valence-electron chi connectivity index (χ3n) is 4.00. The van der Waals surface area contributed by atoms with E-state index < -0.39 is 0 Å². The minimum atomic E-state index is 0.0837. The first-order chi connectivity index (χ1) is 12.6. The maximum absolute atomic E-state index is 4.63. The summed E-state index contributed by atoms with van der Waals surface area (Å²) in [6.45, 7) is 6.78. The van der Waals surface area contributed by atoms with Crippen molar-refractivity contribution in [3.63, 3.8) is 0 Å². The quantitative estimate of drug-likeness (QED) is 0.509. The normalized spacial score (nSPS) is 12.6. The van der Waals surface area contributed by atoms with Crippen molar-refractivity contribution in [2.45, 2.75) is 39.8 Å². The van der Waals surface area contributed by atoms with Crippen molar-refractivity contribution in [2.24, 2.45) is 0 Å². The molecule has 0 bridgehead atoms. The Kier molecular flexibility index (Phi) is 4.64. The largest absolute Gasteiger partial charge is 0.266 e. The van der Waals surface area contributed by atoms with E-state index in [1.54, 1.807) is 22.7 Å². The van der Waals surface area contributed by atoms with Gasteiger partial charge in [0, 0.05) is 24.2 Å². The van der Waals surface area contributed by atoms with Gasteiger partial charge in [-0.3, -0.25) is 9.36 Å². The number of hydrogen-bond donors (Lipinski definition) is 0. The summed E-state index contributed by atoms with van der Waals surface area (Å²) in [7, 11) is 0. The summed E-state index contributed by atoms with van der Waals surface area (Å²) in [4.78, 5) is 4.48. The second-order valence-corrected chi connectivity index (χ2v) is 8.34. The molecule has 1 unspecified atom stereocenters. The Hall–Kier alpha value is -2.39. The van der Waals surface area contributed by atoms with E-state index in [2.05, 4.69) is 37.7 Å². The molecular formula is C17H19N7S2. The Morgan fingerprint density at radius 3 is 2.69 bits per heavy atom. The van der Waals surface area contributed by atoms with Crippen molar-refractivity contribution in [1.82, 2.24) is 34.7 Å². The smallest absolute Gasteiger partial charge is 0.141 e. The average Bonchev–Trinajstić information content (AvgIpc) is 3.38. The van der Waals surface area contributed by atoms with Crippen molar-refractivity contribution < 1.29 is 0 Å². The van der Waals surface area contributed by atoms with Crippen LogP contribution in [0.1, 0.15) is 45.1 Å². The zero-order chi connectivity index (χ0) is 18.1. The number of rotatable bonds is 6. The monoisotopic (exact) mass is 385 g/mol. The van der Waals surface area contributed by atoms with Crippen LogP contribution in [0.25, 0.3) is 0 Å². The van der Waals surface area contributed by atoms with Gasteiger partial charge in [0.25, 0.3) is 0 Å². The van der Waals surface area contributed by atoms with Crippen LogP contribution in [0.3, 0.4) is 0 Å². The molecule has 26 heavy (non-hydrogen) atoms. The van der Waals surface area contributed by atoms with Gasteiger partial charge in [-0.1, -0.05) is 11.3 Å². The van der Waals surface area contributed by atoms with E-state index in [-0.39, 0.29) is 6.04 Å². The zero-order valence-corrected chi connectivity index (χ0v) is 16.5. The van der Waals surface area contributed by atoms with E-state index in [4.69, 9.17) is 0 Å². The standard InChI is InChI=1S/C17H19N7S2/c1-11-4-7-24(21-11)12(2)17-20-19-16(26-17)8-14-5-6-23(22-14)9-15-10-25-13(3)18-15/h4-7,10,12H,8-9H2,1-3H3. The van der Waals surface area contributed by atoms with Crippen molar-refractivity contribution >= 4 is 22.7 Å². The second-order valence-electron chi connectivity index (χ2n) is 6.19. The van der Waals surface area contributed by atoms with Crippen LogP contribution in [-0.2, 0) is 13.0 Å². The van der Waals surface area contributed by atoms with Gasteiger partial charge >= 0.3 is 0 Å². The van der Waals surface area contributed by atoms with Crippen molar-refractivity contribution in [2.75, 3.05) is 0 Å². The van der Waals surface area contributed by atoms with Gasteiger partial charge in [-0.25, -0.2) is 4.98 Å². The molecule has 0 fully saturated rings.